The van der Waals surface area contributed by atoms with Crippen LogP contribution < -0.4 is 19.7 Å². The van der Waals surface area contributed by atoms with Crippen molar-refractivity contribution >= 4 is 17.3 Å². The van der Waals surface area contributed by atoms with Crippen LogP contribution in [0.25, 0.3) is 0 Å². The minimum absolute atomic E-state index is 0.213. The lowest BCUT2D eigenvalue weighted by molar-refractivity contribution is 0.102. The van der Waals surface area contributed by atoms with Gasteiger partial charge in [-0.05, 0) is 37.5 Å². The second kappa shape index (κ2) is 7.88. The number of piperidine rings is 1. The average Bonchev–Trinajstić information content (AvgIpc) is 2.69. The molecule has 1 aliphatic heterocycles. The Hall–Kier alpha value is -2.76. The zero-order valence-electron chi connectivity index (χ0n) is 14.6. The van der Waals surface area contributed by atoms with Gasteiger partial charge in [-0.1, -0.05) is 0 Å². The van der Waals surface area contributed by atoms with Crippen molar-refractivity contribution in [2.75, 3.05) is 37.5 Å². The smallest absolute Gasteiger partial charge is 0.257 e. The van der Waals surface area contributed by atoms with Crippen molar-refractivity contribution in [1.29, 1.82) is 0 Å². The van der Waals surface area contributed by atoms with E-state index in [0.717, 1.165) is 18.8 Å². The molecule has 1 saturated heterocycles. The molecule has 25 heavy (non-hydrogen) atoms. The molecule has 0 radical (unpaired) electrons. The summed E-state index contributed by atoms with van der Waals surface area (Å²) in [6.07, 6.45) is 7.02. The third-order valence-electron chi connectivity index (χ3n) is 4.36. The Kier molecular flexibility index (Phi) is 5.38. The van der Waals surface area contributed by atoms with Gasteiger partial charge in [-0.2, -0.15) is 0 Å². The molecule has 6 nitrogen and oxygen atoms in total. The lowest BCUT2D eigenvalue weighted by atomic mass is 10.1. The lowest BCUT2D eigenvalue weighted by Gasteiger charge is -2.28. The molecule has 0 spiro atoms. The van der Waals surface area contributed by atoms with Crippen LogP contribution >= 0.6 is 0 Å². The van der Waals surface area contributed by atoms with Crippen molar-refractivity contribution in [3.63, 3.8) is 0 Å². The van der Waals surface area contributed by atoms with E-state index in [2.05, 4.69) is 15.2 Å². The Morgan fingerprint density at radius 1 is 1.08 bits per heavy atom. The number of aromatic nitrogens is 1. The summed E-state index contributed by atoms with van der Waals surface area (Å²) in [6, 6.07) is 7.17. The van der Waals surface area contributed by atoms with Gasteiger partial charge in [-0.3, -0.25) is 9.78 Å². The quantitative estimate of drug-likeness (QED) is 0.904. The van der Waals surface area contributed by atoms with Gasteiger partial charge >= 0.3 is 0 Å². The number of hydrogen-bond donors (Lipinski definition) is 1. The number of anilines is 2. The fourth-order valence-electron chi connectivity index (χ4n) is 2.97. The van der Waals surface area contributed by atoms with Crippen LogP contribution in [-0.4, -0.2) is 38.2 Å². The maximum atomic E-state index is 12.6. The van der Waals surface area contributed by atoms with E-state index >= 15 is 0 Å². The number of nitrogens with zero attached hydrogens (tertiary/aromatic N) is 2. The van der Waals surface area contributed by atoms with E-state index in [1.165, 1.54) is 19.3 Å². The topological polar surface area (TPSA) is 63.7 Å². The fourth-order valence-corrected chi connectivity index (χ4v) is 2.97. The van der Waals surface area contributed by atoms with Gasteiger partial charge in [0.05, 0.1) is 37.4 Å². The molecule has 0 saturated carbocycles. The van der Waals surface area contributed by atoms with Crippen LogP contribution in [-0.2, 0) is 0 Å². The molecular weight excluding hydrogens is 318 g/mol. The Balaban J connectivity index is 1.77. The maximum absolute atomic E-state index is 12.6. The third-order valence-corrected chi connectivity index (χ3v) is 4.36. The highest BCUT2D eigenvalue weighted by molar-refractivity contribution is 6.05. The highest BCUT2D eigenvalue weighted by Gasteiger charge is 2.15. The number of hydrogen-bond acceptors (Lipinski definition) is 5. The van der Waals surface area contributed by atoms with Crippen molar-refractivity contribution < 1.29 is 14.3 Å². The molecule has 0 atom stereocenters. The zero-order valence-corrected chi connectivity index (χ0v) is 14.6. The molecule has 6 heteroatoms. The molecule has 0 bridgehead atoms. The Labute approximate surface area is 147 Å². The molecule has 132 valence electrons. The van der Waals surface area contributed by atoms with Crippen LogP contribution in [0.2, 0.25) is 0 Å². The standard InChI is InChI=1S/C19H23N3O3/c1-24-16-6-7-17(18(11-16)25-2)21-19(23)14-10-15(13-20-12-14)22-8-4-3-5-9-22/h6-7,10-13H,3-5,8-9H2,1-2H3,(H,21,23). The number of benzene rings is 1. The van der Waals surface area contributed by atoms with Gasteiger partial charge < -0.3 is 19.7 Å². The lowest BCUT2D eigenvalue weighted by Crippen LogP contribution is -2.29. The number of ether oxygens (including phenoxy) is 2. The monoisotopic (exact) mass is 341 g/mol. The van der Waals surface area contributed by atoms with Crippen LogP contribution in [0.1, 0.15) is 29.6 Å². The molecule has 0 unspecified atom stereocenters. The molecule has 2 aromatic rings. The van der Waals surface area contributed by atoms with E-state index in [1.807, 2.05) is 12.3 Å². The van der Waals surface area contributed by atoms with Gasteiger partial charge in [0.25, 0.3) is 5.91 Å². The van der Waals surface area contributed by atoms with Crippen LogP contribution in [0.15, 0.2) is 36.7 Å². The largest absolute Gasteiger partial charge is 0.497 e. The molecule has 1 N–H and O–H groups in total. The molecule has 1 aromatic carbocycles. The third kappa shape index (κ3) is 4.02. The van der Waals surface area contributed by atoms with Gasteiger partial charge in [0.2, 0.25) is 0 Å². The van der Waals surface area contributed by atoms with E-state index in [1.54, 1.807) is 38.6 Å². The van der Waals surface area contributed by atoms with Crippen LogP contribution in [0, 0.1) is 0 Å². The number of carbonyl (C=O) groups excluding carboxylic acids is 1. The number of amides is 1. The van der Waals surface area contributed by atoms with Gasteiger partial charge in [-0.15, -0.1) is 0 Å². The van der Waals surface area contributed by atoms with Crippen molar-refractivity contribution in [2.45, 2.75) is 19.3 Å². The summed E-state index contributed by atoms with van der Waals surface area (Å²) in [4.78, 5) is 19.1. The van der Waals surface area contributed by atoms with Crippen LogP contribution in [0.3, 0.4) is 0 Å². The summed E-state index contributed by atoms with van der Waals surface area (Å²) < 4.78 is 10.5. The molecule has 2 heterocycles. The number of nitrogens with one attached hydrogen (secondary N) is 1. The van der Waals surface area contributed by atoms with Crippen molar-refractivity contribution in [3.05, 3.63) is 42.2 Å². The minimum atomic E-state index is -0.213. The summed E-state index contributed by atoms with van der Waals surface area (Å²) in [5.41, 5.74) is 2.12. The molecule has 3 rings (SSSR count). The van der Waals surface area contributed by atoms with E-state index in [-0.39, 0.29) is 5.91 Å². The Morgan fingerprint density at radius 2 is 1.88 bits per heavy atom. The minimum Gasteiger partial charge on any atom is -0.497 e. The van der Waals surface area contributed by atoms with Crippen molar-refractivity contribution in [2.24, 2.45) is 0 Å². The van der Waals surface area contributed by atoms with Gasteiger partial charge in [0.1, 0.15) is 11.5 Å². The predicted octanol–water partition coefficient (Wildman–Crippen LogP) is 3.34. The van der Waals surface area contributed by atoms with E-state index in [9.17, 15) is 4.79 Å². The second-order valence-corrected chi connectivity index (χ2v) is 6.00. The average molecular weight is 341 g/mol. The summed E-state index contributed by atoms with van der Waals surface area (Å²) in [5, 5.41) is 2.88. The van der Waals surface area contributed by atoms with Gasteiger partial charge in [0, 0.05) is 25.4 Å². The molecular formula is C19H23N3O3. The van der Waals surface area contributed by atoms with Crippen molar-refractivity contribution in [1.82, 2.24) is 4.98 Å². The summed E-state index contributed by atoms with van der Waals surface area (Å²) in [6.45, 7) is 2.03. The predicted molar refractivity (Wildman–Crippen MR) is 97.8 cm³/mol. The molecule has 1 aromatic heterocycles. The van der Waals surface area contributed by atoms with Crippen LogP contribution in [0.5, 0.6) is 11.5 Å². The number of methoxy groups -OCH3 is 2. The van der Waals surface area contributed by atoms with Gasteiger partial charge in [0.15, 0.2) is 0 Å². The number of pyridine rings is 1. The van der Waals surface area contributed by atoms with Gasteiger partial charge in [-0.25, -0.2) is 0 Å². The highest BCUT2D eigenvalue weighted by Crippen LogP contribution is 2.29. The van der Waals surface area contributed by atoms with Crippen molar-refractivity contribution in [3.8, 4) is 11.5 Å². The van der Waals surface area contributed by atoms with E-state index < -0.39 is 0 Å². The zero-order chi connectivity index (χ0) is 17.6. The summed E-state index contributed by atoms with van der Waals surface area (Å²) in [5.74, 6) is 1.01. The number of carbonyl (C=O) groups is 1. The first-order valence-electron chi connectivity index (χ1n) is 8.44. The van der Waals surface area contributed by atoms with Crippen LogP contribution in [0.4, 0.5) is 11.4 Å². The molecule has 1 fully saturated rings. The molecule has 1 aliphatic rings. The fraction of sp³-hybridized carbons (Fsp3) is 0.368. The highest BCUT2D eigenvalue weighted by atomic mass is 16.5. The molecule has 1 amide bonds. The first-order valence-corrected chi connectivity index (χ1v) is 8.44. The second-order valence-electron chi connectivity index (χ2n) is 6.00. The Bertz CT molecular complexity index is 742. The first kappa shape index (κ1) is 17.1. The normalized spacial score (nSPS) is 14.1. The number of rotatable bonds is 5. The van der Waals surface area contributed by atoms with E-state index in [0.29, 0.717) is 22.7 Å². The summed E-state index contributed by atoms with van der Waals surface area (Å²) in [7, 11) is 3.15. The Morgan fingerprint density at radius 3 is 2.60 bits per heavy atom. The summed E-state index contributed by atoms with van der Waals surface area (Å²) >= 11 is 0. The maximum Gasteiger partial charge on any atom is 0.257 e. The van der Waals surface area contributed by atoms with E-state index in [4.69, 9.17) is 9.47 Å². The SMILES string of the molecule is COc1ccc(NC(=O)c2cncc(N3CCCCC3)c2)c(OC)c1. The first-order chi connectivity index (χ1) is 12.2. The molecule has 0 aliphatic carbocycles.